The van der Waals surface area contributed by atoms with Crippen molar-refractivity contribution in [2.45, 2.75) is 19.4 Å². The summed E-state index contributed by atoms with van der Waals surface area (Å²) in [6, 6.07) is 12.7. The second-order valence-electron chi connectivity index (χ2n) is 6.13. The predicted molar refractivity (Wildman–Crippen MR) is 95.1 cm³/mol. The molecule has 0 saturated carbocycles. The van der Waals surface area contributed by atoms with Gasteiger partial charge in [0, 0.05) is 19.2 Å². The van der Waals surface area contributed by atoms with Gasteiger partial charge in [-0.05, 0) is 36.6 Å². The van der Waals surface area contributed by atoms with Gasteiger partial charge >= 0.3 is 0 Å². The number of nitrogens with zero attached hydrogens (tertiary/aromatic N) is 1. The predicted octanol–water partition coefficient (Wildman–Crippen LogP) is 4.08. The van der Waals surface area contributed by atoms with Crippen molar-refractivity contribution in [1.29, 1.82) is 0 Å². The van der Waals surface area contributed by atoms with Crippen molar-refractivity contribution in [1.82, 2.24) is 4.90 Å². The zero-order valence-electron chi connectivity index (χ0n) is 14.0. The molecule has 2 aromatic rings. The van der Waals surface area contributed by atoms with Crippen LogP contribution in [-0.4, -0.2) is 29.9 Å². The fraction of sp³-hybridized carbons (Fsp3) is 0.250. The molecule has 25 heavy (non-hydrogen) atoms. The molecule has 2 aromatic carbocycles. The Kier molecular flexibility index (Phi) is 5.24. The molecule has 0 aliphatic carbocycles. The molecule has 3 nitrogen and oxygen atoms in total. The molecule has 130 valence electrons. The molecule has 1 atom stereocenters. The highest BCUT2D eigenvalue weighted by Gasteiger charge is 2.24. The third kappa shape index (κ3) is 4.12. The largest absolute Gasteiger partial charge is 0.322 e. The lowest BCUT2D eigenvalue weighted by atomic mass is 9.99. The number of amides is 1. The van der Waals surface area contributed by atoms with Gasteiger partial charge in [0.1, 0.15) is 11.6 Å². The molecule has 1 aliphatic rings. The summed E-state index contributed by atoms with van der Waals surface area (Å²) in [5.41, 5.74) is 2.33. The standard InChI is InChI=1S/C20H20F2N2O/c1-14(20(25)23-19-13-17(21)7-8-18(19)22)24-11-9-16(10-12-24)15-5-3-2-4-6-15/h2-9,13-14H,10-12H2,1H3,(H,23,25)/t14-/m0/s1. The second-order valence-corrected chi connectivity index (χ2v) is 6.13. The van der Waals surface area contributed by atoms with Crippen LogP contribution in [0.25, 0.3) is 5.57 Å². The fourth-order valence-corrected chi connectivity index (χ4v) is 2.95. The minimum Gasteiger partial charge on any atom is -0.322 e. The van der Waals surface area contributed by atoms with Crippen LogP contribution < -0.4 is 5.32 Å². The van der Waals surface area contributed by atoms with E-state index in [4.69, 9.17) is 0 Å². The molecule has 0 aromatic heterocycles. The molecule has 1 heterocycles. The number of hydrogen-bond donors (Lipinski definition) is 1. The Hall–Kier alpha value is -2.53. The zero-order valence-corrected chi connectivity index (χ0v) is 14.0. The Morgan fingerprint density at radius 2 is 1.92 bits per heavy atom. The topological polar surface area (TPSA) is 32.3 Å². The van der Waals surface area contributed by atoms with Gasteiger partial charge in [0.15, 0.2) is 0 Å². The number of hydrogen-bond acceptors (Lipinski definition) is 2. The first-order chi connectivity index (χ1) is 12.0. The molecule has 0 saturated heterocycles. The van der Waals surface area contributed by atoms with Gasteiger partial charge in [-0.15, -0.1) is 0 Å². The van der Waals surface area contributed by atoms with Gasteiger partial charge in [0.2, 0.25) is 5.91 Å². The average Bonchev–Trinajstić information content (AvgIpc) is 2.65. The van der Waals surface area contributed by atoms with Gasteiger partial charge in [-0.1, -0.05) is 36.4 Å². The van der Waals surface area contributed by atoms with E-state index in [0.717, 1.165) is 31.2 Å². The van der Waals surface area contributed by atoms with Crippen LogP contribution in [0, 0.1) is 11.6 Å². The monoisotopic (exact) mass is 342 g/mol. The lowest BCUT2D eigenvalue weighted by molar-refractivity contribution is -0.120. The number of benzene rings is 2. The van der Waals surface area contributed by atoms with Crippen LogP contribution >= 0.6 is 0 Å². The first kappa shape index (κ1) is 17.3. The van der Waals surface area contributed by atoms with Gasteiger partial charge in [-0.2, -0.15) is 0 Å². The molecular formula is C20H20F2N2O. The highest BCUT2D eigenvalue weighted by atomic mass is 19.1. The van der Waals surface area contributed by atoms with E-state index in [1.165, 1.54) is 11.1 Å². The highest BCUT2D eigenvalue weighted by molar-refractivity contribution is 5.94. The maximum atomic E-state index is 13.7. The first-order valence-corrected chi connectivity index (χ1v) is 8.29. The maximum Gasteiger partial charge on any atom is 0.241 e. The number of halogens is 2. The average molecular weight is 342 g/mol. The van der Waals surface area contributed by atoms with Crippen LogP contribution in [-0.2, 0) is 4.79 Å². The molecule has 1 amide bonds. The third-order valence-electron chi connectivity index (χ3n) is 4.50. The van der Waals surface area contributed by atoms with Crippen LogP contribution in [0.15, 0.2) is 54.6 Å². The van der Waals surface area contributed by atoms with Crippen LogP contribution in [0.1, 0.15) is 18.9 Å². The Labute approximate surface area is 146 Å². The number of rotatable bonds is 4. The van der Waals surface area contributed by atoms with Gasteiger partial charge in [0.05, 0.1) is 11.7 Å². The number of anilines is 1. The van der Waals surface area contributed by atoms with E-state index in [0.29, 0.717) is 6.54 Å². The smallest absolute Gasteiger partial charge is 0.241 e. The van der Waals surface area contributed by atoms with Crippen LogP contribution in [0.2, 0.25) is 0 Å². The summed E-state index contributed by atoms with van der Waals surface area (Å²) in [6.07, 6.45) is 2.96. The summed E-state index contributed by atoms with van der Waals surface area (Å²) < 4.78 is 26.9. The van der Waals surface area contributed by atoms with Crippen LogP contribution in [0.3, 0.4) is 0 Å². The van der Waals surface area contributed by atoms with E-state index in [2.05, 4.69) is 23.5 Å². The summed E-state index contributed by atoms with van der Waals surface area (Å²) >= 11 is 0. The van der Waals surface area contributed by atoms with E-state index in [1.807, 2.05) is 23.1 Å². The number of carbonyl (C=O) groups is 1. The molecule has 1 N–H and O–H groups in total. The van der Waals surface area contributed by atoms with Crippen molar-refractivity contribution >= 4 is 17.2 Å². The van der Waals surface area contributed by atoms with Gasteiger partial charge < -0.3 is 5.32 Å². The summed E-state index contributed by atoms with van der Waals surface area (Å²) in [6.45, 7) is 3.15. The molecule has 5 heteroatoms. The maximum absolute atomic E-state index is 13.7. The molecule has 0 unspecified atom stereocenters. The SMILES string of the molecule is C[C@@H](C(=O)Nc1cc(F)ccc1F)N1CC=C(c2ccccc2)CC1. The van der Waals surface area contributed by atoms with E-state index in [1.54, 1.807) is 6.92 Å². The molecule has 1 aliphatic heterocycles. The Morgan fingerprint density at radius 1 is 1.16 bits per heavy atom. The van der Waals surface area contributed by atoms with Crippen molar-refractivity contribution in [3.05, 3.63) is 71.8 Å². The number of nitrogens with one attached hydrogen (secondary N) is 1. The van der Waals surface area contributed by atoms with Crippen LogP contribution in [0.5, 0.6) is 0 Å². The Balaban J connectivity index is 1.64. The minimum absolute atomic E-state index is 0.130. The van der Waals surface area contributed by atoms with Crippen LogP contribution in [0.4, 0.5) is 14.5 Å². The van der Waals surface area contributed by atoms with Gasteiger partial charge in [0.25, 0.3) is 0 Å². The quantitative estimate of drug-likeness (QED) is 0.908. The molecule has 3 rings (SSSR count). The molecular weight excluding hydrogens is 322 g/mol. The van der Waals surface area contributed by atoms with Crippen molar-refractivity contribution < 1.29 is 13.6 Å². The van der Waals surface area contributed by atoms with E-state index in [-0.39, 0.29) is 11.6 Å². The van der Waals surface area contributed by atoms with Crippen molar-refractivity contribution in [3.8, 4) is 0 Å². The number of carbonyl (C=O) groups excluding carboxylic acids is 1. The van der Waals surface area contributed by atoms with E-state index < -0.39 is 17.7 Å². The molecule has 0 radical (unpaired) electrons. The van der Waals surface area contributed by atoms with Crippen molar-refractivity contribution in [2.24, 2.45) is 0 Å². The second kappa shape index (κ2) is 7.57. The first-order valence-electron chi connectivity index (χ1n) is 8.29. The van der Waals surface area contributed by atoms with Gasteiger partial charge in [-0.3, -0.25) is 9.69 Å². The normalized spacial score (nSPS) is 16.2. The third-order valence-corrected chi connectivity index (χ3v) is 4.50. The highest BCUT2D eigenvalue weighted by Crippen LogP contribution is 2.23. The van der Waals surface area contributed by atoms with Crippen molar-refractivity contribution in [2.75, 3.05) is 18.4 Å². The van der Waals surface area contributed by atoms with E-state index >= 15 is 0 Å². The fourth-order valence-electron chi connectivity index (χ4n) is 2.95. The Morgan fingerprint density at radius 3 is 2.60 bits per heavy atom. The summed E-state index contributed by atoms with van der Waals surface area (Å²) in [7, 11) is 0. The zero-order chi connectivity index (χ0) is 17.8. The lowest BCUT2D eigenvalue weighted by Gasteiger charge is -2.31. The Bertz CT molecular complexity index is 790. The summed E-state index contributed by atoms with van der Waals surface area (Å²) in [5, 5.41) is 2.47. The lowest BCUT2D eigenvalue weighted by Crippen LogP contribution is -2.44. The summed E-state index contributed by atoms with van der Waals surface area (Å²) in [4.78, 5) is 14.4. The molecule has 0 bridgehead atoms. The molecule has 0 fully saturated rings. The van der Waals surface area contributed by atoms with Gasteiger partial charge in [-0.25, -0.2) is 8.78 Å². The van der Waals surface area contributed by atoms with Crippen molar-refractivity contribution in [3.63, 3.8) is 0 Å². The summed E-state index contributed by atoms with van der Waals surface area (Å²) in [5.74, 6) is -1.58. The van der Waals surface area contributed by atoms with E-state index in [9.17, 15) is 13.6 Å². The minimum atomic E-state index is -0.646. The molecule has 0 spiro atoms.